The first kappa shape index (κ1) is 21.3. The van der Waals surface area contributed by atoms with Crippen molar-refractivity contribution in [2.24, 2.45) is 11.8 Å². The number of thioether (sulfide) groups is 2. The normalized spacial score (nSPS) is 34.1. The standard InChI is InChI=1S/C21H30N6S4/c1(2-10-29-21-19(23-31-25-21)17-13-27-8-5-15(17)11-27)9-28-20-18(22-30-24-20)16-12-26-6-3-14(16)4-7-26/h14-17H,1-13H2. The van der Waals surface area contributed by atoms with Gasteiger partial charge in [0.1, 0.15) is 10.1 Å². The first-order valence-electron chi connectivity index (χ1n) is 11.7. The molecule has 5 aliphatic heterocycles. The van der Waals surface area contributed by atoms with Crippen molar-refractivity contribution in [2.45, 2.75) is 54.0 Å². The van der Waals surface area contributed by atoms with E-state index in [1.807, 2.05) is 23.5 Å². The van der Waals surface area contributed by atoms with Crippen LogP contribution in [0.15, 0.2) is 10.1 Å². The molecule has 0 saturated carbocycles. The molecule has 31 heavy (non-hydrogen) atoms. The van der Waals surface area contributed by atoms with Crippen molar-refractivity contribution in [3.8, 4) is 0 Å². The van der Waals surface area contributed by atoms with Gasteiger partial charge in [-0.15, -0.1) is 23.5 Å². The van der Waals surface area contributed by atoms with Crippen molar-refractivity contribution in [1.82, 2.24) is 27.3 Å². The molecule has 0 radical (unpaired) electrons. The van der Waals surface area contributed by atoms with Gasteiger partial charge in [-0.3, -0.25) is 0 Å². The second-order valence-corrected chi connectivity index (χ2v) is 12.7. The van der Waals surface area contributed by atoms with Gasteiger partial charge >= 0.3 is 0 Å². The number of nitrogens with zero attached hydrogens (tertiary/aromatic N) is 6. The summed E-state index contributed by atoms with van der Waals surface area (Å²) < 4.78 is 18.7. The number of rotatable bonds is 9. The molecular formula is C21H30N6S4. The molecule has 2 aromatic rings. The SMILES string of the molecule is C(CCSc1nsnc1C1CN2CCC1C2)CSc1nsnc1C1CN2CCC1CC2. The van der Waals surface area contributed by atoms with Gasteiger partial charge in [-0.1, -0.05) is 0 Å². The molecule has 0 aromatic carbocycles. The summed E-state index contributed by atoms with van der Waals surface area (Å²) in [4.78, 5) is 5.21. The lowest BCUT2D eigenvalue weighted by molar-refractivity contribution is 0.0846. The summed E-state index contributed by atoms with van der Waals surface area (Å²) in [6.07, 6.45) is 6.48. The van der Waals surface area contributed by atoms with E-state index in [2.05, 4.69) is 18.5 Å². The van der Waals surface area contributed by atoms with Crippen molar-refractivity contribution in [2.75, 3.05) is 50.8 Å². The fourth-order valence-corrected chi connectivity index (χ4v) is 9.49. The highest BCUT2D eigenvalue weighted by atomic mass is 32.2. The van der Waals surface area contributed by atoms with E-state index in [0.717, 1.165) is 23.3 Å². The van der Waals surface area contributed by atoms with Crippen LogP contribution in [0.25, 0.3) is 0 Å². The molecule has 0 spiro atoms. The van der Waals surface area contributed by atoms with E-state index in [0.29, 0.717) is 11.8 Å². The van der Waals surface area contributed by atoms with Gasteiger partial charge in [-0.25, -0.2) is 0 Å². The molecular weight excluding hydrogens is 465 g/mol. The number of aromatic nitrogens is 4. The average molecular weight is 495 g/mol. The van der Waals surface area contributed by atoms with Gasteiger partial charge in [0.25, 0.3) is 0 Å². The van der Waals surface area contributed by atoms with Crippen molar-refractivity contribution >= 4 is 47.0 Å². The highest BCUT2D eigenvalue weighted by Crippen LogP contribution is 2.43. The van der Waals surface area contributed by atoms with Crippen LogP contribution in [-0.2, 0) is 0 Å². The lowest BCUT2D eigenvalue weighted by Gasteiger charge is -2.44. The van der Waals surface area contributed by atoms with E-state index in [1.165, 1.54) is 116 Å². The number of piperidine rings is 4. The zero-order valence-corrected chi connectivity index (χ0v) is 21.1. The Hall–Kier alpha value is -0.260. The van der Waals surface area contributed by atoms with Gasteiger partial charge in [0.15, 0.2) is 0 Å². The molecule has 7 rings (SSSR count). The molecule has 5 fully saturated rings. The third-order valence-electron chi connectivity index (χ3n) is 7.67. The Bertz CT molecular complexity index is 879. The molecule has 0 N–H and O–H groups in total. The maximum atomic E-state index is 4.73. The Labute approximate surface area is 201 Å². The molecule has 5 saturated heterocycles. The Morgan fingerprint density at radius 3 is 1.74 bits per heavy atom. The van der Waals surface area contributed by atoms with Crippen LogP contribution in [0, 0.1) is 11.8 Å². The molecule has 4 unspecified atom stereocenters. The minimum absolute atomic E-state index is 0.622. The predicted molar refractivity (Wildman–Crippen MR) is 130 cm³/mol. The molecule has 0 amide bonds. The third-order valence-corrected chi connectivity index (χ3v) is 11.1. The van der Waals surface area contributed by atoms with E-state index >= 15 is 0 Å². The van der Waals surface area contributed by atoms with Gasteiger partial charge in [-0.2, -0.15) is 17.5 Å². The van der Waals surface area contributed by atoms with Gasteiger partial charge in [0.05, 0.1) is 34.8 Å². The maximum absolute atomic E-state index is 4.73. The van der Waals surface area contributed by atoms with Gasteiger partial charge in [-0.05, 0) is 75.1 Å². The summed E-state index contributed by atoms with van der Waals surface area (Å²) in [5.41, 5.74) is 2.60. The Morgan fingerprint density at radius 2 is 1.23 bits per heavy atom. The van der Waals surface area contributed by atoms with Crippen LogP contribution in [0.3, 0.4) is 0 Å². The first-order valence-corrected chi connectivity index (χ1v) is 15.1. The zero-order chi connectivity index (χ0) is 20.6. The lowest BCUT2D eigenvalue weighted by atomic mass is 9.78. The summed E-state index contributed by atoms with van der Waals surface area (Å²) >= 11 is 6.68. The third kappa shape index (κ3) is 4.45. The van der Waals surface area contributed by atoms with Crippen molar-refractivity contribution in [3.05, 3.63) is 11.4 Å². The molecule has 7 heterocycles. The molecule has 2 aromatic heterocycles. The number of fused-ring (bicyclic) bond motifs is 5. The highest BCUT2D eigenvalue weighted by Gasteiger charge is 2.41. The predicted octanol–water partition coefficient (Wildman–Crippen LogP) is 4.28. The van der Waals surface area contributed by atoms with Crippen molar-refractivity contribution < 1.29 is 0 Å². The second kappa shape index (κ2) is 9.54. The number of hydrogen-bond donors (Lipinski definition) is 0. The molecule has 168 valence electrons. The number of hydrogen-bond acceptors (Lipinski definition) is 10. The summed E-state index contributed by atoms with van der Waals surface area (Å²) in [5.74, 6) is 5.18. The van der Waals surface area contributed by atoms with E-state index in [9.17, 15) is 0 Å². The van der Waals surface area contributed by atoms with Crippen LogP contribution in [0.1, 0.15) is 55.3 Å². The smallest absolute Gasteiger partial charge is 0.134 e. The minimum atomic E-state index is 0.622. The minimum Gasteiger partial charge on any atom is -0.303 e. The van der Waals surface area contributed by atoms with E-state index in [1.54, 1.807) is 0 Å². The highest BCUT2D eigenvalue weighted by molar-refractivity contribution is 7.99. The number of unbranched alkanes of at least 4 members (excludes halogenated alkanes) is 1. The largest absolute Gasteiger partial charge is 0.303 e. The van der Waals surface area contributed by atoms with E-state index in [-0.39, 0.29) is 0 Å². The molecule has 4 bridgehead atoms. The van der Waals surface area contributed by atoms with E-state index < -0.39 is 0 Å². The summed E-state index contributed by atoms with van der Waals surface area (Å²) in [6.45, 7) is 7.53. The van der Waals surface area contributed by atoms with Gasteiger partial charge < -0.3 is 9.80 Å². The van der Waals surface area contributed by atoms with Crippen LogP contribution in [0.4, 0.5) is 0 Å². The van der Waals surface area contributed by atoms with Crippen LogP contribution in [0.5, 0.6) is 0 Å². The fraction of sp³-hybridized carbons (Fsp3) is 0.810. The van der Waals surface area contributed by atoms with Crippen molar-refractivity contribution in [1.29, 1.82) is 0 Å². The summed E-state index contributed by atoms with van der Waals surface area (Å²) in [5, 5.41) is 2.43. The van der Waals surface area contributed by atoms with Crippen molar-refractivity contribution in [3.63, 3.8) is 0 Å². The topological polar surface area (TPSA) is 58.0 Å². The summed E-state index contributed by atoms with van der Waals surface area (Å²) in [7, 11) is 0. The van der Waals surface area contributed by atoms with Crippen LogP contribution < -0.4 is 0 Å². The first-order chi connectivity index (χ1) is 15.3. The molecule has 4 atom stereocenters. The molecule has 5 aliphatic rings. The molecule has 0 aliphatic carbocycles. The average Bonchev–Trinajstić information content (AvgIpc) is 3.61. The Kier molecular flexibility index (Phi) is 6.55. The van der Waals surface area contributed by atoms with Gasteiger partial charge in [0.2, 0.25) is 0 Å². The zero-order valence-electron chi connectivity index (χ0n) is 17.8. The monoisotopic (exact) mass is 494 g/mol. The van der Waals surface area contributed by atoms with Gasteiger partial charge in [0, 0.05) is 31.5 Å². The Balaban J connectivity index is 0.955. The maximum Gasteiger partial charge on any atom is 0.134 e. The molecule has 6 nitrogen and oxygen atoms in total. The lowest BCUT2D eigenvalue weighted by Crippen LogP contribution is -2.46. The van der Waals surface area contributed by atoms with Crippen LogP contribution >= 0.6 is 47.0 Å². The fourth-order valence-electron chi connectivity index (χ4n) is 5.94. The van der Waals surface area contributed by atoms with E-state index in [4.69, 9.17) is 8.75 Å². The Morgan fingerprint density at radius 1 is 0.677 bits per heavy atom. The summed E-state index contributed by atoms with van der Waals surface area (Å²) in [6, 6.07) is 0. The van der Waals surface area contributed by atoms with Crippen LogP contribution in [0.2, 0.25) is 0 Å². The second-order valence-electron chi connectivity index (χ2n) is 9.47. The van der Waals surface area contributed by atoms with Crippen LogP contribution in [-0.4, -0.2) is 78.1 Å². The quantitative estimate of drug-likeness (QED) is 0.378. The molecule has 10 heteroatoms.